The van der Waals surface area contributed by atoms with E-state index in [1.54, 1.807) is 18.9 Å². The molecule has 3 aromatic carbocycles. The largest absolute Gasteiger partial charge is 0.497 e. The van der Waals surface area contributed by atoms with Gasteiger partial charge >= 0.3 is 0 Å². The van der Waals surface area contributed by atoms with Crippen molar-refractivity contribution >= 4 is 29.4 Å². The third-order valence-corrected chi connectivity index (χ3v) is 6.55. The number of benzene rings is 3. The molecule has 1 aliphatic rings. The highest BCUT2D eigenvalue weighted by Gasteiger charge is 2.38. The molecule has 30 heavy (non-hydrogen) atoms. The average Bonchev–Trinajstić information content (AvgIpc) is 3.10. The van der Waals surface area contributed by atoms with Gasteiger partial charge in [-0.1, -0.05) is 72.8 Å². The van der Waals surface area contributed by atoms with E-state index in [2.05, 4.69) is 62.4 Å². The summed E-state index contributed by atoms with van der Waals surface area (Å²) in [5, 5.41) is -0.104. The zero-order valence-corrected chi connectivity index (χ0v) is 18.3. The molecule has 0 spiro atoms. The number of carbonyl (C=O) groups is 1. The van der Waals surface area contributed by atoms with Gasteiger partial charge in [-0.3, -0.25) is 9.69 Å². The van der Waals surface area contributed by atoms with Crippen LogP contribution >= 0.6 is 11.8 Å². The number of carbonyl (C=O) groups excluding carboxylic acids is 1. The van der Waals surface area contributed by atoms with E-state index in [4.69, 9.17) is 4.74 Å². The summed E-state index contributed by atoms with van der Waals surface area (Å²) in [5.41, 5.74) is 5.51. The van der Waals surface area contributed by atoms with E-state index in [-0.39, 0.29) is 11.3 Å². The van der Waals surface area contributed by atoms with Crippen LogP contribution in [-0.2, 0) is 11.2 Å². The molecule has 0 aliphatic carbocycles. The summed E-state index contributed by atoms with van der Waals surface area (Å²) in [6.45, 7) is 4.21. The molecule has 1 fully saturated rings. The molecule has 1 amide bonds. The molecular weight excluding hydrogens is 390 g/mol. The Hall–Kier alpha value is -2.98. The number of hydrogen-bond acceptors (Lipinski definition) is 3. The van der Waals surface area contributed by atoms with Crippen LogP contribution in [0, 0.1) is 6.92 Å². The summed E-state index contributed by atoms with van der Waals surface area (Å²) < 4.78 is 5.28. The van der Waals surface area contributed by atoms with Crippen LogP contribution in [0.5, 0.6) is 5.75 Å². The van der Waals surface area contributed by atoms with Crippen molar-refractivity contribution in [2.45, 2.75) is 25.6 Å². The highest BCUT2D eigenvalue weighted by atomic mass is 32.2. The van der Waals surface area contributed by atoms with Crippen LogP contribution in [-0.4, -0.2) is 13.0 Å². The fourth-order valence-electron chi connectivity index (χ4n) is 3.49. The molecule has 0 aromatic heterocycles. The van der Waals surface area contributed by atoms with Crippen LogP contribution in [0.4, 0.5) is 5.69 Å². The monoisotopic (exact) mass is 415 g/mol. The zero-order chi connectivity index (χ0) is 21.1. The highest BCUT2D eigenvalue weighted by Crippen LogP contribution is 2.48. The summed E-state index contributed by atoms with van der Waals surface area (Å²) in [6.07, 6.45) is 3.00. The zero-order valence-electron chi connectivity index (χ0n) is 17.5. The molecule has 0 saturated carbocycles. The molecule has 1 saturated heterocycles. The van der Waals surface area contributed by atoms with Crippen molar-refractivity contribution in [2.75, 3.05) is 12.0 Å². The second-order valence-corrected chi connectivity index (χ2v) is 8.48. The third-order valence-electron chi connectivity index (χ3n) is 5.30. The van der Waals surface area contributed by atoms with Crippen molar-refractivity contribution in [2.24, 2.45) is 0 Å². The van der Waals surface area contributed by atoms with Gasteiger partial charge in [0.2, 0.25) is 0 Å². The smallest absolute Gasteiger partial charge is 0.266 e. The Morgan fingerprint density at radius 3 is 2.23 bits per heavy atom. The van der Waals surface area contributed by atoms with E-state index >= 15 is 0 Å². The minimum absolute atomic E-state index is 0.0234. The van der Waals surface area contributed by atoms with E-state index in [9.17, 15) is 4.79 Å². The number of aryl methyl sites for hydroxylation is 2. The number of methoxy groups -OCH3 is 1. The molecular formula is C26H25NO2S. The van der Waals surface area contributed by atoms with Crippen molar-refractivity contribution in [3.8, 4) is 5.75 Å². The maximum absolute atomic E-state index is 13.4. The van der Waals surface area contributed by atoms with Crippen LogP contribution in [0.3, 0.4) is 0 Å². The fraction of sp³-hybridized carbons (Fsp3) is 0.192. The van der Waals surface area contributed by atoms with Crippen LogP contribution < -0.4 is 9.64 Å². The quantitative estimate of drug-likeness (QED) is 0.453. The number of hydrogen-bond donors (Lipinski definition) is 0. The van der Waals surface area contributed by atoms with Crippen molar-refractivity contribution in [1.82, 2.24) is 0 Å². The lowest BCUT2D eigenvalue weighted by atomic mass is 10.1. The number of ether oxygens (including phenoxy) is 1. The Labute approximate surface area is 182 Å². The first-order valence-electron chi connectivity index (χ1n) is 10.1. The van der Waals surface area contributed by atoms with Gasteiger partial charge < -0.3 is 4.74 Å². The first-order chi connectivity index (χ1) is 14.6. The first-order valence-corrected chi connectivity index (χ1v) is 11.0. The molecule has 4 heteroatoms. The number of nitrogens with zero attached hydrogens (tertiary/aromatic N) is 1. The van der Waals surface area contributed by atoms with Crippen LogP contribution in [0.2, 0.25) is 0 Å². The Morgan fingerprint density at radius 1 is 0.967 bits per heavy atom. The lowest BCUT2D eigenvalue weighted by Gasteiger charge is -2.24. The van der Waals surface area contributed by atoms with Crippen molar-refractivity contribution < 1.29 is 9.53 Å². The molecule has 0 bridgehead atoms. The van der Waals surface area contributed by atoms with Gasteiger partial charge in [-0.15, -0.1) is 0 Å². The number of amides is 1. The minimum atomic E-state index is -0.104. The molecule has 1 heterocycles. The van der Waals surface area contributed by atoms with E-state index < -0.39 is 0 Å². The standard InChI is InChI=1S/C26H25NO2S/c1-4-19-7-9-20(10-8-19)17-24-25(28)27(22-13-15-23(29-3)16-14-22)26(30-24)21-11-5-18(2)6-12-21/h5-17,26H,4H2,1-3H3/b24-17+. The van der Waals surface area contributed by atoms with Crippen LogP contribution in [0.15, 0.2) is 77.7 Å². The van der Waals surface area contributed by atoms with Crippen LogP contribution in [0.1, 0.15) is 34.6 Å². The maximum Gasteiger partial charge on any atom is 0.266 e. The molecule has 0 radical (unpaired) electrons. The van der Waals surface area contributed by atoms with Gasteiger partial charge in [0.25, 0.3) is 5.91 Å². The summed E-state index contributed by atoms with van der Waals surface area (Å²) >= 11 is 1.60. The second kappa shape index (κ2) is 8.80. The summed E-state index contributed by atoms with van der Waals surface area (Å²) in [5.74, 6) is 0.798. The van der Waals surface area contributed by atoms with Gasteiger partial charge in [0.05, 0.1) is 12.0 Å². The average molecular weight is 416 g/mol. The Kier molecular flexibility index (Phi) is 5.96. The lowest BCUT2D eigenvalue weighted by Crippen LogP contribution is -2.27. The Morgan fingerprint density at radius 2 is 1.63 bits per heavy atom. The molecule has 1 unspecified atom stereocenters. The highest BCUT2D eigenvalue weighted by molar-refractivity contribution is 8.05. The molecule has 3 aromatic rings. The number of thioether (sulfide) groups is 1. The van der Waals surface area contributed by atoms with Gasteiger partial charge in [0.1, 0.15) is 11.1 Å². The van der Waals surface area contributed by atoms with Gasteiger partial charge in [-0.25, -0.2) is 0 Å². The summed E-state index contributed by atoms with van der Waals surface area (Å²) in [7, 11) is 1.64. The molecule has 1 aliphatic heterocycles. The van der Waals surface area contributed by atoms with E-state index in [1.807, 2.05) is 35.2 Å². The molecule has 1 atom stereocenters. The van der Waals surface area contributed by atoms with E-state index in [1.165, 1.54) is 11.1 Å². The van der Waals surface area contributed by atoms with E-state index in [0.717, 1.165) is 33.9 Å². The fourth-order valence-corrected chi connectivity index (χ4v) is 4.75. The Bertz CT molecular complexity index is 1050. The van der Waals surface area contributed by atoms with Gasteiger partial charge in [-0.05, 0) is 60.4 Å². The normalized spacial score (nSPS) is 17.6. The summed E-state index contributed by atoms with van der Waals surface area (Å²) in [4.78, 5) is 16.1. The second-order valence-electron chi connectivity index (χ2n) is 7.36. The van der Waals surface area contributed by atoms with Crippen molar-refractivity contribution in [3.63, 3.8) is 0 Å². The number of rotatable bonds is 5. The van der Waals surface area contributed by atoms with Crippen LogP contribution in [0.25, 0.3) is 6.08 Å². The molecule has 4 rings (SSSR count). The first kappa shape index (κ1) is 20.3. The topological polar surface area (TPSA) is 29.5 Å². The minimum Gasteiger partial charge on any atom is -0.497 e. The maximum atomic E-state index is 13.4. The Balaban J connectivity index is 1.72. The molecule has 0 N–H and O–H groups in total. The number of anilines is 1. The van der Waals surface area contributed by atoms with Gasteiger partial charge in [-0.2, -0.15) is 0 Å². The summed E-state index contributed by atoms with van der Waals surface area (Å²) in [6, 6.07) is 24.5. The van der Waals surface area contributed by atoms with Gasteiger partial charge in [0.15, 0.2) is 0 Å². The van der Waals surface area contributed by atoms with E-state index in [0.29, 0.717) is 0 Å². The SMILES string of the molecule is CCc1ccc(/C=C2/SC(c3ccc(C)cc3)N(c3ccc(OC)cc3)C2=O)cc1. The third kappa shape index (κ3) is 4.14. The predicted molar refractivity (Wildman–Crippen MR) is 126 cm³/mol. The predicted octanol–water partition coefficient (Wildman–Crippen LogP) is 6.39. The molecule has 3 nitrogen and oxygen atoms in total. The molecule has 152 valence electrons. The van der Waals surface area contributed by atoms with Crippen molar-refractivity contribution in [1.29, 1.82) is 0 Å². The van der Waals surface area contributed by atoms with Crippen molar-refractivity contribution in [3.05, 3.63) is 100.0 Å². The lowest BCUT2D eigenvalue weighted by molar-refractivity contribution is -0.114. The van der Waals surface area contributed by atoms with Gasteiger partial charge in [0, 0.05) is 5.69 Å².